The van der Waals surface area contributed by atoms with E-state index in [4.69, 9.17) is 4.74 Å². The van der Waals surface area contributed by atoms with Gasteiger partial charge in [-0.1, -0.05) is 0 Å². The lowest BCUT2D eigenvalue weighted by molar-refractivity contribution is -0.385. The van der Waals surface area contributed by atoms with Crippen molar-refractivity contribution in [2.45, 2.75) is 40.3 Å². The van der Waals surface area contributed by atoms with Gasteiger partial charge in [0.25, 0.3) is 5.91 Å². The molecule has 0 radical (unpaired) electrons. The fraction of sp³-hybridized carbons (Fsp3) is 0.550. The molecule has 14 heteroatoms. The standard InChI is InChI=1S/C20H28N8O6/c1-5-26-12-16(28(32)33)17(23-26)18(29)21-15-11-27(22-13(15)3)14(4)19(30)24-7-9-25(10-8-24)20(31)34-6-2/h11-12,14H,5-10H2,1-4H3,(H,21,29). The molecule has 3 amide bonds. The Morgan fingerprint density at radius 1 is 1.15 bits per heavy atom. The lowest BCUT2D eigenvalue weighted by Crippen LogP contribution is -2.52. The van der Waals surface area contributed by atoms with Crippen molar-refractivity contribution in [3.05, 3.63) is 33.9 Å². The number of carbonyl (C=O) groups excluding carboxylic acids is 3. The number of nitro groups is 1. The van der Waals surface area contributed by atoms with E-state index in [-0.39, 0.29) is 11.6 Å². The zero-order chi connectivity index (χ0) is 25.0. The van der Waals surface area contributed by atoms with Gasteiger partial charge in [-0.25, -0.2) is 4.79 Å². The Bertz CT molecular complexity index is 1090. The number of piperazine rings is 1. The van der Waals surface area contributed by atoms with Gasteiger partial charge in [-0.15, -0.1) is 0 Å². The largest absolute Gasteiger partial charge is 0.450 e. The molecule has 0 bridgehead atoms. The van der Waals surface area contributed by atoms with E-state index in [1.54, 1.807) is 37.5 Å². The average molecular weight is 476 g/mol. The lowest BCUT2D eigenvalue weighted by atomic mass is 10.2. The Labute approximate surface area is 195 Å². The van der Waals surface area contributed by atoms with Crippen LogP contribution in [0.2, 0.25) is 0 Å². The number of anilines is 1. The van der Waals surface area contributed by atoms with Gasteiger partial charge in [-0.3, -0.25) is 29.1 Å². The normalized spacial score (nSPS) is 14.6. The number of aromatic nitrogens is 4. The van der Waals surface area contributed by atoms with E-state index in [0.29, 0.717) is 50.7 Å². The third-order valence-corrected chi connectivity index (χ3v) is 5.51. The SMILES string of the molecule is CCOC(=O)N1CCN(C(=O)C(C)n2cc(NC(=O)c3nn(CC)cc3[N+](=O)[O-])c(C)n2)CC1. The Balaban J connectivity index is 1.67. The van der Waals surface area contributed by atoms with Crippen LogP contribution in [-0.2, 0) is 16.1 Å². The number of nitrogens with zero attached hydrogens (tertiary/aromatic N) is 7. The van der Waals surface area contributed by atoms with E-state index < -0.39 is 28.7 Å². The highest BCUT2D eigenvalue weighted by atomic mass is 16.6. The minimum Gasteiger partial charge on any atom is -0.450 e. The maximum absolute atomic E-state index is 13.0. The van der Waals surface area contributed by atoms with Crippen molar-refractivity contribution in [3.8, 4) is 0 Å². The average Bonchev–Trinajstić information content (AvgIpc) is 3.42. The summed E-state index contributed by atoms with van der Waals surface area (Å²) in [6.07, 6.45) is 2.32. The van der Waals surface area contributed by atoms with Gasteiger partial charge in [0.1, 0.15) is 12.2 Å². The van der Waals surface area contributed by atoms with Crippen molar-refractivity contribution >= 4 is 29.3 Å². The van der Waals surface area contributed by atoms with Gasteiger partial charge in [0.05, 0.1) is 22.9 Å². The number of carbonyl (C=O) groups is 3. The number of hydrogen-bond acceptors (Lipinski definition) is 8. The monoisotopic (exact) mass is 476 g/mol. The zero-order valence-electron chi connectivity index (χ0n) is 19.6. The van der Waals surface area contributed by atoms with Gasteiger partial charge in [0.15, 0.2) is 0 Å². The van der Waals surface area contributed by atoms with E-state index in [1.807, 2.05) is 0 Å². The molecule has 14 nitrogen and oxygen atoms in total. The van der Waals surface area contributed by atoms with Crippen molar-refractivity contribution in [2.75, 3.05) is 38.1 Å². The van der Waals surface area contributed by atoms with Gasteiger partial charge in [-0.2, -0.15) is 10.2 Å². The molecule has 3 heterocycles. The van der Waals surface area contributed by atoms with E-state index in [9.17, 15) is 24.5 Å². The second-order valence-electron chi connectivity index (χ2n) is 7.73. The van der Waals surface area contributed by atoms with Gasteiger partial charge < -0.3 is 19.9 Å². The first-order chi connectivity index (χ1) is 16.2. The quantitative estimate of drug-likeness (QED) is 0.464. The smallest absolute Gasteiger partial charge is 0.409 e. The molecule has 0 spiro atoms. The fourth-order valence-corrected chi connectivity index (χ4v) is 3.55. The van der Waals surface area contributed by atoms with Crippen LogP contribution in [0.25, 0.3) is 0 Å². The number of aryl methyl sites for hydroxylation is 2. The van der Waals surface area contributed by atoms with E-state index in [1.165, 1.54) is 21.8 Å². The van der Waals surface area contributed by atoms with Crippen molar-refractivity contribution in [1.82, 2.24) is 29.4 Å². The minimum atomic E-state index is -0.740. The summed E-state index contributed by atoms with van der Waals surface area (Å²) < 4.78 is 7.74. The van der Waals surface area contributed by atoms with Gasteiger partial charge in [-0.05, 0) is 27.7 Å². The molecule has 1 N–H and O–H groups in total. The molecule has 34 heavy (non-hydrogen) atoms. The molecule has 0 saturated carbocycles. The van der Waals surface area contributed by atoms with E-state index in [2.05, 4.69) is 15.5 Å². The highest BCUT2D eigenvalue weighted by molar-refractivity contribution is 6.05. The molecule has 1 unspecified atom stereocenters. The molecule has 1 fully saturated rings. The molecular formula is C20H28N8O6. The summed E-state index contributed by atoms with van der Waals surface area (Å²) in [5, 5.41) is 22.2. The Hall–Kier alpha value is -3.97. The van der Waals surface area contributed by atoms with Crippen LogP contribution in [0.1, 0.15) is 43.0 Å². The Morgan fingerprint density at radius 2 is 1.79 bits per heavy atom. The molecule has 0 aliphatic carbocycles. The van der Waals surface area contributed by atoms with Crippen molar-refractivity contribution < 1.29 is 24.0 Å². The highest BCUT2D eigenvalue weighted by Crippen LogP contribution is 2.22. The number of nitrogens with one attached hydrogen (secondary N) is 1. The number of ether oxygens (including phenoxy) is 1. The molecule has 0 aromatic carbocycles. The van der Waals surface area contributed by atoms with Gasteiger partial charge in [0.2, 0.25) is 11.6 Å². The van der Waals surface area contributed by atoms with Crippen LogP contribution < -0.4 is 5.32 Å². The van der Waals surface area contributed by atoms with Crippen LogP contribution >= 0.6 is 0 Å². The minimum absolute atomic E-state index is 0.179. The topological polar surface area (TPSA) is 158 Å². The molecule has 2 aromatic heterocycles. The van der Waals surface area contributed by atoms with Crippen LogP contribution in [0.15, 0.2) is 12.4 Å². The Kier molecular flexibility index (Phi) is 7.48. The lowest BCUT2D eigenvalue weighted by Gasteiger charge is -2.35. The molecule has 2 aromatic rings. The first-order valence-corrected chi connectivity index (χ1v) is 11.0. The summed E-state index contributed by atoms with van der Waals surface area (Å²) in [6, 6.07) is -0.660. The maximum atomic E-state index is 13.0. The summed E-state index contributed by atoms with van der Waals surface area (Å²) in [5.41, 5.74) is 0.0623. The first-order valence-electron chi connectivity index (χ1n) is 11.0. The molecular weight excluding hydrogens is 448 g/mol. The molecule has 3 rings (SSSR count). The molecule has 184 valence electrons. The summed E-state index contributed by atoms with van der Waals surface area (Å²) in [6.45, 7) is 8.99. The third kappa shape index (κ3) is 5.15. The van der Waals surface area contributed by atoms with E-state index in [0.717, 1.165) is 0 Å². The molecule has 1 saturated heterocycles. The van der Waals surface area contributed by atoms with Crippen LogP contribution in [0.4, 0.5) is 16.2 Å². The fourth-order valence-electron chi connectivity index (χ4n) is 3.55. The van der Waals surface area contributed by atoms with Crippen molar-refractivity contribution in [3.63, 3.8) is 0 Å². The van der Waals surface area contributed by atoms with E-state index >= 15 is 0 Å². The molecule has 1 aliphatic heterocycles. The predicted molar refractivity (Wildman–Crippen MR) is 119 cm³/mol. The van der Waals surface area contributed by atoms with Crippen LogP contribution in [-0.4, -0.2) is 85.0 Å². The van der Waals surface area contributed by atoms with Gasteiger partial charge in [0, 0.05) is 38.9 Å². The third-order valence-electron chi connectivity index (χ3n) is 5.51. The van der Waals surface area contributed by atoms with Gasteiger partial charge >= 0.3 is 11.8 Å². The summed E-state index contributed by atoms with van der Waals surface area (Å²) in [7, 11) is 0. The number of amides is 3. The molecule has 1 atom stereocenters. The Morgan fingerprint density at radius 3 is 2.38 bits per heavy atom. The number of hydrogen-bond donors (Lipinski definition) is 1. The summed E-state index contributed by atoms with van der Waals surface area (Å²) in [5.74, 6) is -0.920. The van der Waals surface area contributed by atoms with Crippen molar-refractivity contribution in [1.29, 1.82) is 0 Å². The predicted octanol–water partition coefficient (Wildman–Crippen LogP) is 1.43. The first kappa shape index (κ1) is 24.7. The highest BCUT2D eigenvalue weighted by Gasteiger charge is 2.30. The van der Waals surface area contributed by atoms with Crippen molar-refractivity contribution in [2.24, 2.45) is 0 Å². The summed E-state index contributed by atoms with van der Waals surface area (Å²) >= 11 is 0. The van der Waals surface area contributed by atoms with Crippen LogP contribution in [0, 0.1) is 17.0 Å². The van der Waals surface area contributed by atoms with Crippen LogP contribution in [0.5, 0.6) is 0 Å². The summed E-state index contributed by atoms with van der Waals surface area (Å²) in [4.78, 5) is 51.3. The second-order valence-corrected chi connectivity index (χ2v) is 7.73. The molecule has 1 aliphatic rings. The number of rotatable bonds is 7. The second kappa shape index (κ2) is 10.3. The van der Waals surface area contributed by atoms with Crippen LogP contribution in [0.3, 0.4) is 0 Å². The zero-order valence-corrected chi connectivity index (χ0v) is 19.6. The maximum Gasteiger partial charge on any atom is 0.409 e.